The maximum absolute atomic E-state index is 10.8. The zero-order chi connectivity index (χ0) is 9.90. The highest BCUT2D eigenvalue weighted by Gasteiger charge is 2.18. The van der Waals surface area contributed by atoms with E-state index in [-0.39, 0.29) is 0 Å². The zero-order valence-corrected chi connectivity index (χ0v) is 9.23. The molecule has 1 aliphatic carbocycles. The van der Waals surface area contributed by atoms with Crippen LogP contribution in [0.3, 0.4) is 0 Å². The third-order valence-electron chi connectivity index (χ3n) is 2.77. The molecule has 1 saturated carbocycles. The van der Waals surface area contributed by atoms with Crippen LogP contribution in [-0.2, 0) is 10.0 Å². The third kappa shape index (κ3) is 4.62. The molecule has 0 radical (unpaired) electrons. The number of rotatable bonds is 3. The Kier molecular flexibility index (Phi) is 3.74. The molecule has 0 heterocycles. The first kappa shape index (κ1) is 11.0. The monoisotopic (exact) mass is 205 g/mol. The van der Waals surface area contributed by atoms with Crippen LogP contribution in [0.15, 0.2) is 0 Å². The van der Waals surface area contributed by atoms with Gasteiger partial charge in [0.25, 0.3) is 0 Å². The molecule has 0 atom stereocenters. The highest BCUT2D eigenvalue weighted by Crippen LogP contribution is 2.27. The van der Waals surface area contributed by atoms with Gasteiger partial charge in [0.05, 0.1) is 6.26 Å². The second-order valence-electron chi connectivity index (χ2n) is 4.25. The van der Waals surface area contributed by atoms with Gasteiger partial charge in [-0.25, -0.2) is 13.1 Å². The Labute approximate surface area is 81.0 Å². The van der Waals surface area contributed by atoms with Crippen molar-refractivity contribution in [2.45, 2.75) is 32.6 Å². The van der Waals surface area contributed by atoms with Gasteiger partial charge in [-0.3, -0.25) is 0 Å². The van der Waals surface area contributed by atoms with Crippen LogP contribution >= 0.6 is 0 Å². The fourth-order valence-electron chi connectivity index (χ4n) is 1.80. The largest absolute Gasteiger partial charge is 0.215 e. The van der Waals surface area contributed by atoms with Crippen LogP contribution in [0.2, 0.25) is 0 Å². The first-order valence-electron chi connectivity index (χ1n) is 4.92. The van der Waals surface area contributed by atoms with Crippen LogP contribution < -0.4 is 4.72 Å². The van der Waals surface area contributed by atoms with E-state index >= 15 is 0 Å². The molecule has 0 aliphatic heterocycles. The SMILES string of the molecule is CC1CCC(CNS(C)(=O)=O)CC1. The van der Waals surface area contributed by atoms with Gasteiger partial charge in [-0.1, -0.05) is 19.8 Å². The van der Waals surface area contributed by atoms with Crippen molar-refractivity contribution in [3.8, 4) is 0 Å². The van der Waals surface area contributed by atoms with Crippen molar-refractivity contribution in [2.24, 2.45) is 11.8 Å². The van der Waals surface area contributed by atoms with Crippen LogP contribution in [0.4, 0.5) is 0 Å². The minimum absolute atomic E-state index is 0.561. The molecule has 0 amide bonds. The lowest BCUT2D eigenvalue weighted by atomic mass is 9.83. The lowest BCUT2D eigenvalue weighted by molar-refractivity contribution is 0.291. The van der Waals surface area contributed by atoms with Gasteiger partial charge >= 0.3 is 0 Å². The number of hydrogen-bond acceptors (Lipinski definition) is 2. The third-order valence-corrected chi connectivity index (χ3v) is 3.46. The first-order valence-corrected chi connectivity index (χ1v) is 6.81. The highest BCUT2D eigenvalue weighted by molar-refractivity contribution is 7.88. The summed E-state index contributed by atoms with van der Waals surface area (Å²) >= 11 is 0. The van der Waals surface area contributed by atoms with Crippen molar-refractivity contribution in [1.82, 2.24) is 4.72 Å². The summed E-state index contributed by atoms with van der Waals surface area (Å²) in [6.45, 7) is 2.89. The summed E-state index contributed by atoms with van der Waals surface area (Å²) in [5, 5.41) is 0. The van der Waals surface area contributed by atoms with Gasteiger partial charge in [0.15, 0.2) is 0 Å². The molecule has 0 aromatic carbocycles. The predicted octanol–water partition coefficient (Wildman–Crippen LogP) is 1.36. The molecule has 0 spiro atoms. The number of hydrogen-bond donors (Lipinski definition) is 1. The summed E-state index contributed by atoms with van der Waals surface area (Å²) in [5.74, 6) is 1.39. The predicted molar refractivity (Wildman–Crippen MR) is 54.0 cm³/mol. The normalized spacial score (nSPS) is 30.3. The van der Waals surface area contributed by atoms with Crippen molar-refractivity contribution < 1.29 is 8.42 Å². The second-order valence-corrected chi connectivity index (χ2v) is 6.08. The smallest absolute Gasteiger partial charge is 0.208 e. The average molecular weight is 205 g/mol. The summed E-state index contributed by atoms with van der Waals surface area (Å²) in [7, 11) is -2.99. The van der Waals surface area contributed by atoms with Crippen molar-refractivity contribution >= 4 is 10.0 Å². The fraction of sp³-hybridized carbons (Fsp3) is 1.00. The van der Waals surface area contributed by atoms with Gasteiger partial charge in [-0.15, -0.1) is 0 Å². The van der Waals surface area contributed by atoms with Gasteiger partial charge in [-0.05, 0) is 24.7 Å². The Morgan fingerprint density at radius 3 is 2.23 bits per heavy atom. The summed E-state index contributed by atoms with van der Waals surface area (Å²) < 4.78 is 24.2. The van der Waals surface area contributed by atoms with Crippen LogP contribution in [-0.4, -0.2) is 21.2 Å². The van der Waals surface area contributed by atoms with Gasteiger partial charge in [-0.2, -0.15) is 0 Å². The molecule has 0 aromatic heterocycles. The zero-order valence-electron chi connectivity index (χ0n) is 8.41. The highest BCUT2D eigenvalue weighted by atomic mass is 32.2. The van der Waals surface area contributed by atoms with E-state index in [0.717, 1.165) is 5.92 Å². The Bertz CT molecular complexity index is 240. The molecular formula is C9H19NO2S. The van der Waals surface area contributed by atoms with E-state index in [2.05, 4.69) is 11.6 Å². The van der Waals surface area contributed by atoms with Crippen molar-refractivity contribution in [3.05, 3.63) is 0 Å². The van der Waals surface area contributed by atoms with Crippen LogP contribution in [0.5, 0.6) is 0 Å². The quantitative estimate of drug-likeness (QED) is 0.756. The van der Waals surface area contributed by atoms with E-state index < -0.39 is 10.0 Å². The Morgan fingerprint density at radius 2 is 1.77 bits per heavy atom. The molecule has 0 bridgehead atoms. The second kappa shape index (κ2) is 4.42. The van der Waals surface area contributed by atoms with Crippen molar-refractivity contribution in [2.75, 3.05) is 12.8 Å². The van der Waals surface area contributed by atoms with Gasteiger partial charge in [0.2, 0.25) is 10.0 Å². The number of nitrogens with one attached hydrogen (secondary N) is 1. The molecule has 1 aliphatic rings. The van der Waals surface area contributed by atoms with Crippen LogP contribution in [0.25, 0.3) is 0 Å². The van der Waals surface area contributed by atoms with Crippen molar-refractivity contribution in [3.63, 3.8) is 0 Å². The van der Waals surface area contributed by atoms with Crippen molar-refractivity contribution in [1.29, 1.82) is 0 Å². The maximum atomic E-state index is 10.8. The molecule has 4 heteroatoms. The molecular weight excluding hydrogens is 186 g/mol. The maximum Gasteiger partial charge on any atom is 0.208 e. The van der Waals surface area contributed by atoms with E-state index in [1.54, 1.807) is 0 Å². The molecule has 0 aromatic rings. The molecule has 13 heavy (non-hydrogen) atoms. The minimum atomic E-state index is -2.99. The fourth-order valence-corrected chi connectivity index (χ4v) is 2.34. The molecule has 0 unspecified atom stereocenters. The van der Waals surface area contributed by atoms with Crippen LogP contribution in [0.1, 0.15) is 32.6 Å². The van der Waals surface area contributed by atoms with Gasteiger partial charge in [0.1, 0.15) is 0 Å². The molecule has 1 rings (SSSR count). The molecule has 3 nitrogen and oxygen atoms in total. The molecule has 78 valence electrons. The Hall–Kier alpha value is -0.0900. The standard InChI is InChI=1S/C9H19NO2S/c1-8-3-5-9(6-4-8)7-10-13(2,11)12/h8-10H,3-7H2,1-2H3. The van der Waals surface area contributed by atoms with E-state index in [9.17, 15) is 8.42 Å². The lowest BCUT2D eigenvalue weighted by Crippen LogP contribution is -2.30. The Morgan fingerprint density at radius 1 is 1.23 bits per heavy atom. The Balaban J connectivity index is 2.24. The average Bonchev–Trinajstić information content (AvgIpc) is 2.02. The molecule has 1 N–H and O–H groups in total. The summed E-state index contributed by atoms with van der Waals surface area (Å²) in [6.07, 6.45) is 6.05. The topological polar surface area (TPSA) is 46.2 Å². The summed E-state index contributed by atoms with van der Waals surface area (Å²) in [6, 6.07) is 0. The molecule has 1 fully saturated rings. The first-order chi connectivity index (χ1) is 5.97. The van der Waals surface area contributed by atoms with Crippen LogP contribution in [0, 0.1) is 11.8 Å². The summed E-state index contributed by atoms with van der Waals surface area (Å²) in [5.41, 5.74) is 0. The minimum Gasteiger partial charge on any atom is -0.215 e. The van der Waals surface area contributed by atoms with Gasteiger partial charge in [0, 0.05) is 6.54 Å². The van der Waals surface area contributed by atoms with Gasteiger partial charge < -0.3 is 0 Å². The van der Waals surface area contributed by atoms with E-state index in [0.29, 0.717) is 12.5 Å². The van der Waals surface area contributed by atoms with E-state index in [1.165, 1.54) is 31.9 Å². The lowest BCUT2D eigenvalue weighted by Gasteiger charge is -2.25. The van der Waals surface area contributed by atoms with E-state index in [4.69, 9.17) is 0 Å². The van der Waals surface area contributed by atoms with E-state index in [1.807, 2.05) is 0 Å². The number of sulfonamides is 1. The molecule has 0 saturated heterocycles. The summed E-state index contributed by atoms with van der Waals surface area (Å²) in [4.78, 5) is 0.